The van der Waals surface area contributed by atoms with Crippen LogP contribution in [-0.2, 0) is 24.2 Å². The van der Waals surface area contributed by atoms with Gasteiger partial charge in [0.2, 0.25) is 5.91 Å². The Kier molecular flexibility index (Phi) is 5.11. The highest BCUT2D eigenvalue weighted by Gasteiger charge is 2.44. The number of aliphatic carboxylic acids is 1. The molecule has 2 fully saturated rings. The lowest BCUT2D eigenvalue weighted by Crippen LogP contribution is -2.58. The van der Waals surface area contributed by atoms with Gasteiger partial charge in [-0.05, 0) is 39.0 Å². The quantitative estimate of drug-likeness (QED) is 0.732. The van der Waals surface area contributed by atoms with Crippen LogP contribution in [0, 0.1) is 0 Å². The van der Waals surface area contributed by atoms with Gasteiger partial charge in [-0.3, -0.25) is 9.59 Å². The molecule has 2 N–H and O–H groups in total. The second kappa shape index (κ2) is 6.54. The molecule has 2 aliphatic rings. The van der Waals surface area contributed by atoms with Crippen LogP contribution in [0.25, 0.3) is 0 Å². The maximum Gasteiger partial charge on any atom is 0.305 e. The van der Waals surface area contributed by atoms with E-state index in [1.165, 1.54) is 6.92 Å². The summed E-state index contributed by atoms with van der Waals surface area (Å²) in [5, 5.41) is 9.90. The van der Waals surface area contributed by atoms with Crippen LogP contribution < -0.4 is 5.32 Å². The lowest BCUT2D eigenvalue weighted by atomic mass is 9.74. The third-order valence-corrected chi connectivity index (χ3v) is 7.28. The third-order valence-electron chi connectivity index (χ3n) is 4.68. The molecule has 1 atom stereocenters. The van der Waals surface area contributed by atoms with Gasteiger partial charge in [0.15, 0.2) is 9.84 Å². The summed E-state index contributed by atoms with van der Waals surface area (Å²) < 4.78 is 30.2. The molecule has 22 heavy (non-hydrogen) atoms. The molecule has 0 radical (unpaired) electrons. The molecule has 0 aromatic rings. The van der Waals surface area contributed by atoms with Crippen molar-refractivity contribution >= 4 is 21.7 Å². The van der Waals surface area contributed by atoms with Crippen molar-refractivity contribution in [2.75, 3.05) is 13.2 Å². The summed E-state index contributed by atoms with van der Waals surface area (Å²) in [7, 11) is -3.59. The Bertz CT molecular complexity index is 534. The summed E-state index contributed by atoms with van der Waals surface area (Å²) in [4.78, 5) is 23.2. The number of carboxylic acid groups (broad SMARTS) is 1. The number of nitrogens with one attached hydrogen (secondary N) is 1. The first-order valence-electron chi connectivity index (χ1n) is 7.61. The van der Waals surface area contributed by atoms with Gasteiger partial charge in [0, 0.05) is 13.2 Å². The molecule has 1 aliphatic heterocycles. The Balaban J connectivity index is 2.03. The zero-order chi connectivity index (χ0) is 16.4. The number of amides is 1. The molecular weight excluding hydrogens is 310 g/mol. The first-order chi connectivity index (χ1) is 10.3. The van der Waals surface area contributed by atoms with Crippen LogP contribution in [0.15, 0.2) is 0 Å². The molecule has 0 aromatic carbocycles. The number of hydrogen-bond donors (Lipinski definition) is 2. The van der Waals surface area contributed by atoms with Gasteiger partial charge >= 0.3 is 5.97 Å². The number of carbonyl (C=O) groups is 2. The van der Waals surface area contributed by atoms with Crippen molar-refractivity contribution in [1.82, 2.24) is 5.32 Å². The average molecular weight is 333 g/mol. The number of carbonyl (C=O) groups excluding carboxylic acids is 1. The molecular formula is C14H23NO6S. The Morgan fingerprint density at radius 2 is 1.91 bits per heavy atom. The van der Waals surface area contributed by atoms with E-state index in [9.17, 15) is 18.0 Å². The smallest absolute Gasteiger partial charge is 0.305 e. The van der Waals surface area contributed by atoms with Crippen molar-refractivity contribution in [3.8, 4) is 0 Å². The molecule has 1 aliphatic carbocycles. The number of rotatable bonds is 6. The highest BCUT2D eigenvalue weighted by molar-refractivity contribution is 7.93. The molecule has 0 bridgehead atoms. The number of ether oxygens (including phenoxy) is 1. The van der Waals surface area contributed by atoms with Crippen molar-refractivity contribution in [1.29, 1.82) is 0 Å². The highest BCUT2D eigenvalue weighted by atomic mass is 32.2. The van der Waals surface area contributed by atoms with E-state index in [0.717, 1.165) is 6.42 Å². The summed E-state index contributed by atoms with van der Waals surface area (Å²) in [6.45, 7) is 2.16. The Morgan fingerprint density at radius 1 is 1.32 bits per heavy atom. The second-order valence-electron chi connectivity index (χ2n) is 6.24. The third kappa shape index (κ3) is 3.60. The predicted molar refractivity (Wildman–Crippen MR) is 79.2 cm³/mol. The minimum absolute atomic E-state index is 0.164. The van der Waals surface area contributed by atoms with E-state index in [2.05, 4.69) is 5.32 Å². The molecule has 1 saturated carbocycles. The second-order valence-corrected chi connectivity index (χ2v) is 8.79. The SMILES string of the molecule is CC(C(=O)NC1(CC(=O)O)CCC1)S(=O)(=O)C1CCOCC1. The summed E-state index contributed by atoms with van der Waals surface area (Å²) in [6.07, 6.45) is 2.64. The van der Waals surface area contributed by atoms with E-state index in [1.54, 1.807) is 0 Å². The summed E-state index contributed by atoms with van der Waals surface area (Å²) in [5.41, 5.74) is -0.775. The van der Waals surface area contributed by atoms with Gasteiger partial charge in [0.1, 0.15) is 5.25 Å². The van der Waals surface area contributed by atoms with Crippen molar-refractivity contribution in [3.05, 3.63) is 0 Å². The average Bonchev–Trinajstić information content (AvgIpc) is 2.44. The van der Waals surface area contributed by atoms with Crippen molar-refractivity contribution < 1.29 is 27.9 Å². The van der Waals surface area contributed by atoms with Crippen molar-refractivity contribution in [2.24, 2.45) is 0 Å². The van der Waals surface area contributed by atoms with E-state index < -0.39 is 37.8 Å². The van der Waals surface area contributed by atoms with Gasteiger partial charge < -0.3 is 15.2 Å². The van der Waals surface area contributed by atoms with Gasteiger partial charge in [-0.25, -0.2) is 8.42 Å². The Morgan fingerprint density at radius 3 is 2.36 bits per heavy atom. The lowest BCUT2D eigenvalue weighted by molar-refractivity contribution is -0.140. The predicted octanol–water partition coefficient (Wildman–Crippen LogP) is 0.482. The summed E-state index contributed by atoms with van der Waals surface area (Å²) in [5.74, 6) is -1.58. The number of hydrogen-bond acceptors (Lipinski definition) is 5. The van der Waals surface area contributed by atoms with Crippen LogP contribution in [0.3, 0.4) is 0 Å². The fourth-order valence-corrected chi connectivity index (χ4v) is 4.83. The molecule has 0 aromatic heterocycles. The van der Waals surface area contributed by atoms with Gasteiger partial charge in [-0.2, -0.15) is 0 Å². The summed E-state index contributed by atoms with van der Waals surface area (Å²) >= 11 is 0. The van der Waals surface area contributed by atoms with Crippen LogP contribution in [-0.4, -0.2) is 54.7 Å². The lowest BCUT2D eigenvalue weighted by Gasteiger charge is -2.42. The van der Waals surface area contributed by atoms with Crippen LogP contribution in [0.1, 0.15) is 45.4 Å². The van der Waals surface area contributed by atoms with Gasteiger partial charge in [-0.15, -0.1) is 0 Å². The first-order valence-corrected chi connectivity index (χ1v) is 9.22. The monoisotopic (exact) mass is 333 g/mol. The first kappa shape index (κ1) is 17.2. The zero-order valence-electron chi connectivity index (χ0n) is 12.7. The van der Waals surface area contributed by atoms with E-state index in [4.69, 9.17) is 9.84 Å². The number of carboxylic acids is 1. The van der Waals surface area contributed by atoms with E-state index >= 15 is 0 Å². The maximum atomic E-state index is 12.5. The van der Waals surface area contributed by atoms with Gasteiger partial charge in [0.05, 0.1) is 17.2 Å². The van der Waals surface area contributed by atoms with Crippen LogP contribution in [0.5, 0.6) is 0 Å². The molecule has 1 heterocycles. The topological polar surface area (TPSA) is 110 Å². The Labute approximate surface area is 130 Å². The maximum absolute atomic E-state index is 12.5. The minimum Gasteiger partial charge on any atom is -0.481 e. The fourth-order valence-electron chi connectivity index (χ4n) is 3.04. The van der Waals surface area contributed by atoms with E-state index in [0.29, 0.717) is 38.9 Å². The fraction of sp³-hybridized carbons (Fsp3) is 0.857. The molecule has 0 spiro atoms. The zero-order valence-corrected chi connectivity index (χ0v) is 13.5. The van der Waals surface area contributed by atoms with E-state index in [-0.39, 0.29) is 6.42 Å². The largest absolute Gasteiger partial charge is 0.481 e. The van der Waals surface area contributed by atoms with E-state index in [1.807, 2.05) is 0 Å². The normalized spacial score (nSPS) is 23.3. The van der Waals surface area contributed by atoms with Crippen LogP contribution >= 0.6 is 0 Å². The molecule has 126 valence electrons. The number of sulfone groups is 1. The van der Waals surface area contributed by atoms with Crippen LogP contribution in [0.2, 0.25) is 0 Å². The van der Waals surface area contributed by atoms with Crippen molar-refractivity contribution in [2.45, 2.75) is 61.5 Å². The molecule has 8 heteroatoms. The minimum atomic E-state index is -3.59. The molecule has 1 amide bonds. The molecule has 2 rings (SSSR count). The standard InChI is InChI=1S/C14H23NO6S/c1-10(22(19,20)11-3-7-21-8-4-11)13(18)15-14(5-2-6-14)9-12(16)17/h10-11H,2-9H2,1H3,(H,15,18)(H,16,17). The van der Waals surface area contributed by atoms with Gasteiger partial charge in [-0.1, -0.05) is 0 Å². The van der Waals surface area contributed by atoms with Gasteiger partial charge in [0.25, 0.3) is 0 Å². The molecule has 1 unspecified atom stereocenters. The highest BCUT2D eigenvalue weighted by Crippen LogP contribution is 2.35. The van der Waals surface area contributed by atoms with Crippen molar-refractivity contribution in [3.63, 3.8) is 0 Å². The molecule has 7 nitrogen and oxygen atoms in total. The van der Waals surface area contributed by atoms with Crippen LogP contribution in [0.4, 0.5) is 0 Å². The Hall–Kier alpha value is -1.15. The molecule has 1 saturated heterocycles. The summed E-state index contributed by atoms with van der Waals surface area (Å²) in [6, 6.07) is 0.